The van der Waals surface area contributed by atoms with E-state index in [-0.39, 0.29) is 5.92 Å². The number of nitrogens with zero attached hydrogens (tertiary/aromatic N) is 2. The minimum Gasteiger partial charge on any atom is -0.531 e. The molecule has 1 fully saturated rings. The second-order valence-electron chi connectivity index (χ2n) is 5.88. The SMILES string of the molecule is CCNS(=O)(=O)N1CC(C2=CB(O)Oc3cnc4[nH]ccc4c32)C1. The van der Waals surface area contributed by atoms with Gasteiger partial charge in [0, 0.05) is 42.7 Å². The molecule has 0 bridgehead atoms. The van der Waals surface area contributed by atoms with Crippen LogP contribution in [0.2, 0.25) is 0 Å². The molecule has 2 aromatic heterocycles. The number of pyridine rings is 1. The van der Waals surface area contributed by atoms with E-state index >= 15 is 0 Å². The van der Waals surface area contributed by atoms with Gasteiger partial charge in [-0.2, -0.15) is 12.7 Å². The van der Waals surface area contributed by atoms with Gasteiger partial charge in [-0.1, -0.05) is 6.92 Å². The highest BCUT2D eigenvalue weighted by Gasteiger charge is 2.40. The Balaban J connectivity index is 1.67. The zero-order chi connectivity index (χ0) is 16.9. The normalized spacial score (nSPS) is 18.9. The number of nitrogens with one attached hydrogen (secondary N) is 2. The van der Waals surface area contributed by atoms with Gasteiger partial charge in [-0.25, -0.2) is 9.71 Å². The molecule has 4 heterocycles. The van der Waals surface area contributed by atoms with Crippen LogP contribution in [0.1, 0.15) is 12.5 Å². The van der Waals surface area contributed by atoms with E-state index in [2.05, 4.69) is 14.7 Å². The molecule has 2 aromatic rings. The number of rotatable bonds is 4. The van der Waals surface area contributed by atoms with Crippen molar-refractivity contribution in [3.63, 3.8) is 0 Å². The van der Waals surface area contributed by atoms with Crippen molar-refractivity contribution >= 4 is 33.9 Å². The van der Waals surface area contributed by atoms with Gasteiger partial charge in [-0.15, -0.1) is 0 Å². The number of hydrogen-bond acceptors (Lipinski definition) is 5. The quantitative estimate of drug-likeness (QED) is 0.682. The third-order valence-corrected chi connectivity index (χ3v) is 6.00. The molecule has 1 saturated heterocycles. The lowest BCUT2D eigenvalue weighted by Crippen LogP contribution is -2.54. The average molecular weight is 348 g/mol. The molecule has 0 aliphatic carbocycles. The first kappa shape index (κ1) is 15.6. The zero-order valence-electron chi connectivity index (χ0n) is 13.1. The third-order valence-electron chi connectivity index (χ3n) is 4.36. The predicted octanol–water partition coefficient (Wildman–Crippen LogP) is 0.144. The summed E-state index contributed by atoms with van der Waals surface area (Å²) in [6, 6.07) is 1.90. The third kappa shape index (κ3) is 2.42. The fourth-order valence-electron chi connectivity index (χ4n) is 3.22. The summed E-state index contributed by atoms with van der Waals surface area (Å²) < 4.78 is 33.4. The lowest BCUT2D eigenvalue weighted by molar-refractivity contribution is 0.246. The molecule has 0 aromatic carbocycles. The summed E-state index contributed by atoms with van der Waals surface area (Å²) in [7, 11) is -4.47. The first-order valence-corrected chi connectivity index (χ1v) is 9.21. The highest BCUT2D eigenvalue weighted by molar-refractivity contribution is 7.87. The van der Waals surface area contributed by atoms with Gasteiger partial charge in [0.05, 0.1) is 6.20 Å². The predicted molar refractivity (Wildman–Crippen MR) is 90.3 cm³/mol. The Hall–Kier alpha value is -1.88. The van der Waals surface area contributed by atoms with Crippen LogP contribution in [0.25, 0.3) is 16.6 Å². The minimum absolute atomic E-state index is 0.0104. The highest BCUT2D eigenvalue weighted by Crippen LogP contribution is 2.42. The van der Waals surface area contributed by atoms with Gasteiger partial charge in [-0.05, 0) is 17.6 Å². The zero-order valence-corrected chi connectivity index (χ0v) is 13.9. The van der Waals surface area contributed by atoms with E-state index in [1.54, 1.807) is 25.3 Å². The van der Waals surface area contributed by atoms with Crippen molar-refractivity contribution in [2.45, 2.75) is 6.92 Å². The first-order valence-electron chi connectivity index (χ1n) is 7.77. The maximum absolute atomic E-state index is 12.0. The average Bonchev–Trinajstić information content (AvgIpc) is 2.92. The van der Waals surface area contributed by atoms with Crippen molar-refractivity contribution in [2.75, 3.05) is 19.6 Å². The smallest absolute Gasteiger partial charge is 0.531 e. The molecule has 10 heteroatoms. The van der Waals surface area contributed by atoms with Crippen molar-refractivity contribution in [1.82, 2.24) is 19.0 Å². The molecule has 0 unspecified atom stereocenters. The Kier molecular flexibility index (Phi) is 3.64. The van der Waals surface area contributed by atoms with Crippen molar-refractivity contribution < 1.29 is 18.1 Å². The second-order valence-corrected chi connectivity index (χ2v) is 7.64. The lowest BCUT2D eigenvalue weighted by atomic mass is 9.75. The Morgan fingerprint density at radius 3 is 3.08 bits per heavy atom. The Labute approximate surface area is 139 Å². The van der Waals surface area contributed by atoms with Crippen LogP contribution in [0, 0.1) is 5.92 Å². The topological polar surface area (TPSA) is 108 Å². The number of aromatic nitrogens is 2. The molecule has 0 spiro atoms. The van der Waals surface area contributed by atoms with Crippen molar-refractivity contribution in [3.8, 4) is 5.75 Å². The van der Waals surface area contributed by atoms with Crippen molar-refractivity contribution in [1.29, 1.82) is 0 Å². The molecule has 2 aliphatic heterocycles. The Morgan fingerprint density at radius 1 is 1.54 bits per heavy atom. The molecule has 3 N–H and O–H groups in total. The Bertz CT molecular complexity index is 920. The van der Waals surface area contributed by atoms with E-state index in [0.29, 0.717) is 25.4 Å². The van der Waals surface area contributed by atoms with Crippen LogP contribution in [0.5, 0.6) is 5.75 Å². The number of H-pyrrole nitrogens is 1. The fraction of sp³-hybridized carbons (Fsp3) is 0.357. The van der Waals surface area contributed by atoms with Crippen LogP contribution in [0.15, 0.2) is 24.4 Å². The van der Waals surface area contributed by atoms with E-state index in [4.69, 9.17) is 4.65 Å². The van der Waals surface area contributed by atoms with Gasteiger partial charge in [-0.3, -0.25) is 0 Å². The molecule has 8 nitrogen and oxygen atoms in total. The summed E-state index contributed by atoms with van der Waals surface area (Å²) in [6.07, 6.45) is 3.37. The lowest BCUT2D eigenvalue weighted by Gasteiger charge is -2.40. The summed E-state index contributed by atoms with van der Waals surface area (Å²) in [5.41, 5.74) is 2.51. The monoisotopic (exact) mass is 348 g/mol. The highest BCUT2D eigenvalue weighted by atomic mass is 32.2. The van der Waals surface area contributed by atoms with Gasteiger partial charge in [0.1, 0.15) is 11.4 Å². The summed E-state index contributed by atoms with van der Waals surface area (Å²) in [6.45, 7) is 2.86. The maximum atomic E-state index is 12.0. The maximum Gasteiger partial charge on any atom is 0.552 e. The largest absolute Gasteiger partial charge is 0.552 e. The number of fused-ring (bicyclic) bond motifs is 3. The van der Waals surface area contributed by atoms with Gasteiger partial charge in [0.25, 0.3) is 10.2 Å². The molecular formula is C14H17BN4O4S. The van der Waals surface area contributed by atoms with E-state index in [1.165, 1.54) is 4.31 Å². The summed E-state index contributed by atoms with van der Waals surface area (Å²) in [5.74, 6) is 2.17. The molecule has 2 aliphatic rings. The molecule has 4 rings (SSSR count). The van der Waals surface area contributed by atoms with Crippen LogP contribution in [0.3, 0.4) is 0 Å². The van der Waals surface area contributed by atoms with Gasteiger partial charge < -0.3 is 14.7 Å². The van der Waals surface area contributed by atoms with Crippen LogP contribution in [0.4, 0.5) is 0 Å². The molecule has 0 radical (unpaired) electrons. The van der Waals surface area contributed by atoms with E-state index in [0.717, 1.165) is 22.2 Å². The van der Waals surface area contributed by atoms with Crippen LogP contribution in [-0.2, 0) is 10.2 Å². The van der Waals surface area contributed by atoms with Crippen LogP contribution in [-0.4, -0.2) is 54.5 Å². The minimum atomic E-state index is -3.42. The summed E-state index contributed by atoms with van der Waals surface area (Å²) in [5, 5.41) is 10.9. The van der Waals surface area contributed by atoms with E-state index < -0.39 is 17.3 Å². The number of hydrogen-bond donors (Lipinski definition) is 3. The molecule has 0 atom stereocenters. The fourth-order valence-corrected chi connectivity index (χ4v) is 4.52. The first-order chi connectivity index (χ1) is 11.5. The van der Waals surface area contributed by atoms with Gasteiger partial charge in [0.15, 0.2) is 0 Å². The molecular weight excluding hydrogens is 331 g/mol. The van der Waals surface area contributed by atoms with E-state index in [1.807, 2.05) is 6.07 Å². The molecule has 0 saturated carbocycles. The second kappa shape index (κ2) is 5.59. The number of aromatic amines is 1. The van der Waals surface area contributed by atoms with Crippen molar-refractivity contribution in [3.05, 3.63) is 30.0 Å². The molecule has 24 heavy (non-hydrogen) atoms. The van der Waals surface area contributed by atoms with Gasteiger partial charge in [0.2, 0.25) is 0 Å². The standard InChI is InChI=1S/C14H17BN4O4S/c1-2-18-24(21,22)19-7-9(8-19)11-5-15(20)23-12-6-17-14-10(13(11)12)3-4-16-14/h3-6,9,18,20H,2,7-8H2,1H3,(H,16,17). The van der Waals surface area contributed by atoms with E-state index in [9.17, 15) is 13.4 Å². The van der Waals surface area contributed by atoms with Gasteiger partial charge >= 0.3 is 7.12 Å². The Morgan fingerprint density at radius 2 is 2.33 bits per heavy atom. The summed E-state index contributed by atoms with van der Waals surface area (Å²) in [4.78, 5) is 7.32. The molecule has 0 amide bonds. The molecule has 126 valence electrons. The summed E-state index contributed by atoms with van der Waals surface area (Å²) >= 11 is 0. The van der Waals surface area contributed by atoms with Crippen LogP contribution >= 0.6 is 0 Å². The van der Waals surface area contributed by atoms with Crippen molar-refractivity contribution in [2.24, 2.45) is 5.92 Å². The van der Waals surface area contributed by atoms with Crippen LogP contribution < -0.4 is 9.38 Å².